The quantitative estimate of drug-likeness (QED) is 0.836. The van der Waals surface area contributed by atoms with Crippen LogP contribution in [0.1, 0.15) is 38.4 Å². The molecule has 0 aliphatic heterocycles. The molecule has 1 aromatic rings. The van der Waals surface area contributed by atoms with Gasteiger partial charge in [0.15, 0.2) is 0 Å². The number of aromatic nitrogens is 1. The lowest BCUT2D eigenvalue weighted by atomic mass is 9.98. The molecule has 2 nitrogen and oxygen atoms in total. The van der Waals surface area contributed by atoms with Crippen LogP contribution in [0.2, 0.25) is 0 Å². The topological polar surface area (TPSA) is 38.9 Å². The zero-order chi connectivity index (χ0) is 10.8. The molecule has 0 aliphatic rings. The maximum atomic E-state index is 5.59. The summed E-state index contributed by atoms with van der Waals surface area (Å²) in [4.78, 5) is 4.63. The summed E-state index contributed by atoms with van der Waals surface area (Å²) in [6.45, 7) is 9.49. The van der Waals surface area contributed by atoms with Gasteiger partial charge in [-0.1, -0.05) is 27.7 Å². The van der Waals surface area contributed by atoms with E-state index in [9.17, 15) is 0 Å². The van der Waals surface area contributed by atoms with Gasteiger partial charge in [0, 0.05) is 10.8 Å². The number of nitrogens with zero attached hydrogens (tertiary/aromatic N) is 1. The zero-order valence-corrected chi connectivity index (χ0v) is 10.3. The van der Waals surface area contributed by atoms with Crippen molar-refractivity contribution in [1.82, 2.24) is 4.98 Å². The maximum absolute atomic E-state index is 5.59. The van der Waals surface area contributed by atoms with Crippen LogP contribution in [0.15, 0.2) is 5.38 Å². The molecule has 1 aromatic heterocycles. The molecule has 0 saturated heterocycles. The standard InChI is InChI=1S/C11H20N2S/c1-8(6-12)5-9-7-14-10(13-9)11(2,3)4/h7-8H,5-6,12H2,1-4H3. The Morgan fingerprint density at radius 1 is 1.50 bits per heavy atom. The van der Waals surface area contributed by atoms with E-state index < -0.39 is 0 Å². The Morgan fingerprint density at radius 3 is 2.57 bits per heavy atom. The first-order valence-electron chi connectivity index (χ1n) is 5.08. The third-order valence-corrected chi connectivity index (χ3v) is 3.47. The number of thiazole rings is 1. The molecular formula is C11H20N2S. The highest BCUT2D eigenvalue weighted by Gasteiger charge is 2.18. The smallest absolute Gasteiger partial charge is 0.0981 e. The lowest BCUT2D eigenvalue weighted by Crippen LogP contribution is -2.14. The summed E-state index contributed by atoms with van der Waals surface area (Å²) >= 11 is 1.76. The summed E-state index contributed by atoms with van der Waals surface area (Å²) in [5.41, 5.74) is 6.96. The minimum atomic E-state index is 0.175. The first-order valence-corrected chi connectivity index (χ1v) is 5.96. The van der Waals surface area contributed by atoms with Crippen LogP contribution in [0.25, 0.3) is 0 Å². The van der Waals surface area contributed by atoms with E-state index in [2.05, 4.69) is 38.1 Å². The molecule has 0 saturated carbocycles. The summed E-state index contributed by atoms with van der Waals surface area (Å²) in [5, 5.41) is 3.38. The third kappa shape index (κ3) is 3.07. The van der Waals surface area contributed by atoms with Gasteiger partial charge in [-0.15, -0.1) is 11.3 Å². The Hall–Kier alpha value is -0.410. The van der Waals surface area contributed by atoms with Crippen LogP contribution in [0.5, 0.6) is 0 Å². The van der Waals surface area contributed by atoms with E-state index in [1.165, 1.54) is 10.7 Å². The van der Waals surface area contributed by atoms with Gasteiger partial charge in [0.05, 0.1) is 10.7 Å². The van der Waals surface area contributed by atoms with Crippen molar-refractivity contribution in [1.29, 1.82) is 0 Å². The van der Waals surface area contributed by atoms with Crippen molar-refractivity contribution < 1.29 is 0 Å². The summed E-state index contributed by atoms with van der Waals surface area (Å²) in [5.74, 6) is 0.532. The molecule has 0 radical (unpaired) electrons. The monoisotopic (exact) mass is 212 g/mol. The van der Waals surface area contributed by atoms with Crippen molar-refractivity contribution >= 4 is 11.3 Å². The highest BCUT2D eigenvalue weighted by Crippen LogP contribution is 2.26. The van der Waals surface area contributed by atoms with Crippen molar-refractivity contribution in [2.24, 2.45) is 11.7 Å². The molecular weight excluding hydrogens is 192 g/mol. The van der Waals surface area contributed by atoms with E-state index in [4.69, 9.17) is 5.73 Å². The molecule has 1 rings (SSSR count). The predicted molar refractivity (Wildman–Crippen MR) is 62.7 cm³/mol. The molecule has 0 aromatic carbocycles. The highest BCUT2D eigenvalue weighted by atomic mass is 32.1. The summed E-state index contributed by atoms with van der Waals surface area (Å²) in [6, 6.07) is 0. The minimum Gasteiger partial charge on any atom is -0.330 e. The van der Waals surface area contributed by atoms with Crippen molar-refractivity contribution in [3.63, 3.8) is 0 Å². The summed E-state index contributed by atoms with van der Waals surface area (Å²) in [7, 11) is 0. The van der Waals surface area contributed by atoms with Crippen molar-refractivity contribution in [3.05, 3.63) is 16.1 Å². The summed E-state index contributed by atoms with van der Waals surface area (Å²) in [6.07, 6.45) is 1.00. The Labute approximate surface area is 90.6 Å². The molecule has 1 heterocycles. The van der Waals surface area contributed by atoms with E-state index >= 15 is 0 Å². The van der Waals surface area contributed by atoms with Crippen LogP contribution in [0, 0.1) is 5.92 Å². The Kier molecular flexibility index (Phi) is 3.67. The van der Waals surface area contributed by atoms with Gasteiger partial charge in [-0.05, 0) is 18.9 Å². The molecule has 80 valence electrons. The lowest BCUT2D eigenvalue weighted by Gasteiger charge is -2.13. The Bertz CT molecular complexity index is 286. The molecule has 3 heteroatoms. The number of nitrogens with two attached hydrogens (primary N) is 1. The average Bonchev–Trinajstić information content (AvgIpc) is 2.51. The van der Waals surface area contributed by atoms with Gasteiger partial charge in [-0.25, -0.2) is 4.98 Å². The van der Waals surface area contributed by atoms with Crippen LogP contribution in [-0.4, -0.2) is 11.5 Å². The predicted octanol–water partition coefficient (Wildman–Crippen LogP) is 2.58. The zero-order valence-electron chi connectivity index (χ0n) is 9.50. The van der Waals surface area contributed by atoms with Crippen LogP contribution in [-0.2, 0) is 11.8 Å². The fourth-order valence-corrected chi connectivity index (χ4v) is 2.11. The van der Waals surface area contributed by atoms with Gasteiger partial charge in [-0.3, -0.25) is 0 Å². The number of rotatable bonds is 3. The van der Waals surface area contributed by atoms with Gasteiger partial charge < -0.3 is 5.73 Å². The SMILES string of the molecule is CC(CN)Cc1csc(C(C)(C)C)n1. The molecule has 0 fully saturated rings. The van der Waals surface area contributed by atoms with E-state index in [0.717, 1.165) is 13.0 Å². The van der Waals surface area contributed by atoms with Gasteiger partial charge in [-0.2, -0.15) is 0 Å². The van der Waals surface area contributed by atoms with E-state index in [-0.39, 0.29) is 5.41 Å². The fourth-order valence-electron chi connectivity index (χ4n) is 1.19. The van der Waals surface area contributed by atoms with Gasteiger partial charge in [0.2, 0.25) is 0 Å². The second-order valence-corrected chi connectivity index (χ2v) is 5.80. The molecule has 0 spiro atoms. The minimum absolute atomic E-state index is 0.175. The van der Waals surface area contributed by atoms with Crippen molar-refractivity contribution in [3.8, 4) is 0 Å². The molecule has 2 N–H and O–H groups in total. The maximum Gasteiger partial charge on any atom is 0.0981 e. The molecule has 1 unspecified atom stereocenters. The second kappa shape index (κ2) is 4.41. The lowest BCUT2D eigenvalue weighted by molar-refractivity contribution is 0.564. The average molecular weight is 212 g/mol. The van der Waals surface area contributed by atoms with Gasteiger partial charge in [0.25, 0.3) is 0 Å². The molecule has 0 aliphatic carbocycles. The van der Waals surface area contributed by atoms with Crippen molar-refractivity contribution in [2.45, 2.75) is 39.5 Å². The van der Waals surface area contributed by atoms with Crippen LogP contribution >= 0.6 is 11.3 Å². The molecule has 0 bridgehead atoms. The van der Waals surface area contributed by atoms with Crippen LogP contribution in [0.3, 0.4) is 0 Å². The van der Waals surface area contributed by atoms with E-state index in [1.54, 1.807) is 11.3 Å². The second-order valence-electron chi connectivity index (χ2n) is 4.94. The van der Waals surface area contributed by atoms with E-state index in [1.807, 2.05) is 0 Å². The first kappa shape index (κ1) is 11.7. The molecule has 14 heavy (non-hydrogen) atoms. The van der Waals surface area contributed by atoms with Gasteiger partial charge in [0.1, 0.15) is 0 Å². The van der Waals surface area contributed by atoms with E-state index in [0.29, 0.717) is 5.92 Å². The third-order valence-electron chi connectivity index (χ3n) is 2.15. The van der Waals surface area contributed by atoms with Crippen molar-refractivity contribution in [2.75, 3.05) is 6.54 Å². The first-order chi connectivity index (χ1) is 6.43. The van der Waals surface area contributed by atoms with Crippen LogP contribution in [0.4, 0.5) is 0 Å². The molecule has 0 amide bonds. The summed E-state index contributed by atoms with van der Waals surface area (Å²) < 4.78 is 0. The Morgan fingerprint density at radius 2 is 2.14 bits per heavy atom. The van der Waals surface area contributed by atoms with Crippen LogP contribution < -0.4 is 5.73 Å². The highest BCUT2D eigenvalue weighted by molar-refractivity contribution is 7.09. The molecule has 1 atom stereocenters. The normalized spacial score (nSPS) is 14.4. The van der Waals surface area contributed by atoms with Gasteiger partial charge >= 0.3 is 0 Å². The fraction of sp³-hybridized carbons (Fsp3) is 0.727. The number of hydrogen-bond donors (Lipinski definition) is 1. The largest absolute Gasteiger partial charge is 0.330 e. The Balaban J connectivity index is 2.69. The number of hydrogen-bond acceptors (Lipinski definition) is 3.